The Bertz CT molecular complexity index is 1310. The zero-order valence-corrected chi connectivity index (χ0v) is 18.6. The summed E-state index contributed by atoms with van der Waals surface area (Å²) in [5.41, 5.74) is 4.46. The van der Waals surface area contributed by atoms with Gasteiger partial charge in [0.25, 0.3) is 0 Å². The second kappa shape index (κ2) is 9.37. The van der Waals surface area contributed by atoms with Crippen LogP contribution < -0.4 is 5.32 Å². The average Bonchev–Trinajstić information content (AvgIpc) is 3.49. The van der Waals surface area contributed by atoms with E-state index in [1.54, 1.807) is 12.4 Å². The number of benzene rings is 1. The van der Waals surface area contributed by atoms with Crippen LogP contribution in [0.25, 0.3) is 22.3 Å². The molecule has 4 heterocycles. The van der Waals surface area contributed by atoms with Crippen molar-refractivity contribution >= 4 is 28.7 Å². The molecule has 0 unspecified atom stereocenters. The summed E-state index contributed by atoms with van der Waals surface area (Å²) in [6.45, 7) is 2.04. The third kappa shape index (κ3) is 5.43. The lowest BCUT2D eigenvalue weighted by Gasteiger charge is -2.35. The van der Waals surface area contributed by atoms with Gasteiger partial charge in [-0.05, 0) is 24.3 Å². The van der Waals surface area contributed by atoms with Crippen LogP contribution >= 0.6 is 0 Å². The van der Waals surface area contributed by atoms with E-state index in [2.05, 4.69) is 35.4 Å². The number of carbonyl (C=O) groups excluding carboxylic acids is 1. The Morgan fingerprint density at radius 2 is 1.91 bits per heavy atom. The van der Waals surface area contributed by atoms with Gasteiger partial charge in [0, 0.05) is 56.2 Å². The molecule has 5 rings (SSSR count). The first-order valence-electron chi connectivity index (χ1n) is 11.1. The van der Waals surface area contributed by atoms with Crippen molar-refractivity contribution in [2.45, 2.75) is 19.1 Å². The molecule has 182 valence electrons. The number of carbonyl (C=O) groups is 1. The fourth-order valence-electron chi connectivity index (χ4n) is 4.12. The molecule has 0 bridgehead atoms. The number of hydrogen-bond acceptors (Lipinski definition) is 6. The maximum atomic E-state index is 12.5. The number of aromatic nitrogens is 5. The van der Waals surface area contributed by atoms with Crippen LogP contribution in [0, 0.1) is 0 Å². The van der Waals surface area contributed by atoms with Gasteiger partial charge >= 0.3 is 6.18 Å². The highest BCUT2D eigenvalue weighted by Gasteiger charge is 2.34. The van der Waals surface area contributed by atoms with Gasteiger partial charge in [0.05, 0.1) is 16.7 Å². The fourth-order valence-corrected chi connectivity index (χ4v) is 4.12. The van der Waals surface area contributed by atoms with Gasteiger partial charge in [0.15, 0.2) is 0 Å². The van der Waals surface area contributed by atoms with Crippen molar-refractivity contribution in [2.24, 2.45) is 0 Å². The van der Waals surface area contributed by atoms with Crippen LogP contribution in [0.1, 0.15) is 12.0 Å². The second-order valence-electron chi connectivity index (χ2n) is 8.37. The molecule has 1 aliphatic heterocycles. The summed E-state index contributed by atoms with van der Waals surface area (Å²) in [5.74, 6) is 0.307. The summed E-state index contributed by atoms with van der Waals surface area (Å²) < 4.78 is 37.6. The molecule has 0 saturated carbocycles. The molecule has 1 aromatic carbocycles. The van der Waals surface area contributed by atoms with Crippen molar-refractivity contribution in [3.05, 3.63) is 54.4 Å². The number of aromatic amines is 2. The Kier molecular flexibility index (Phi) is 6.12. The van der Waals surface area contributed by atoms with E-state index >= 15 is 0 Å². The van der Waals surface area contributed by atoms with E-state index in [4.69, 9.17) is 0 Å². The highest BCUT2D eigenvalue weighted by molar-refractivity contribution is 5.83. The van der Waals surface area contributed by atoms with Crippen LogP contribution in [0.5, 0.6) is 0 Å². The van der Waals surface area contributed by atoms with Crippen LogP contribution in [0.3, 0.4) is 0 Å². The van der Waals surface area contributed by atoms with E-state index in [0.29, 0.717) is 31.4 Å². The van der Waals surface area contributed by atoms with Gasteiger partial charge in [-0.15, -0.1) is 0 Å². The minimum atomic E-state index is -4.48. The SMILES string of the molecule is O=C(CC(F)(F)F)N1CCN(Cc2cccnc2Nc2nc3ccc(-c4ccn[nH]4)cc3[nH]2)CC1. The van der Waals surface area contributed by atoms with E-state index in [9.17, 15) is 18.0 Å². The quantitative estimate of drug-likeness (QED) is 0.386. The maximum absolute atomic E-state index is 12.5. The normalized spacial score (nSPS) is 15.0. The standard InChI is InChI=1S/C23H23F3N8O/c24-23(25,26)13-20(35)34-10-8-33(9-11-34)14-16-2-1-6-27-21(16)31-22-29-18-4-3-15(12-19(18)30-22)17-5-7-28-32-17/h1-7,12H,8-11,13-14H2,(H,28,32)(H2,27,29,30,31). The van der Waals surface area contributed by atoms with Gasteiger partial charge in [0.1, 0.15) is 12.2 Å². The predicted octanol–water partition coefficient (Wildman–Crippen LogP) is 3.69. The summed E-state index contributed by atoms with van der Waals surface area (Å²) in [6.07, 6.45) is -2.52. The molecule has 1 fully saturated rings. The van der Waals surface area contributed by atoms with Gasteiger partial charge in [-0.2, -0.15) is 18.3 Å². The summed E-state index contributed by atoms with van der Waals surface area (Å²) in [7, 11) is 0. The number of alkyl halides is 3. The Morgan fingerprint density at radius 3 is 2.66 bits per heavy atom. The number of anilines is 2. The van der Waals surface area contributed by atoms with E-state index < -0.39 is 18.5 Å². The van der Waals surface area contributed by atoms with Gasteiger partial charge in [-0.3, -0.25) is 14.8 Å². The lowest BCUT2D eigenvalue weighted by molar-refractivity contribution is -0.162. The molecule has 1 saturated heterocycles. The number of rotatable bonds is 6. The minimum Gasteiger partial charge on any atom is -0.340 e. The fraction of sp³-hybridized carbons (Fsp3) is 0.304. The minimum absolute atomic E-state index is 0.264. The summed E-state index contributed by atoms with van der Waals surface area (Å²) in [4.78, 5) is 27.5. The van der Waals surface area contributed by atoms with E-state index in [-0.39, 0.29) is 13.1 Å². The van der Waals surface area contributed by atoms with Gasteiger partial charge in [0.2, 0.25) is 11.9 Å². The Morgan fingerprint density at radius 1 is 1.09 bits per heavy atom. The number of fused-ring (bicyclic) bond motifs is 1. The predicted molar refractivity (Wildman–Crippen MR) is 124 cm³/mol. The van der Waals surface area contributed by atoms with E-state index in [0.717, 1.165) is 27.9 Å². The second-order valence-corrected chi connectivity index (χ2v) is 8.37. The van der Waals surface area contributed by atoms with E-state index in [1.165, 1.54) is 4.90 Å². The zero-order chi connectivity index (χ0) is 24.4. The number of piperazine rings is 1. The number of halogens is 3. The number of nitrogens with one attached hydrogen (secondary N) is 3. The van der Waals surface area contributed by atoms with Gasteiger partial charge in [-0.25, -0.2) is 9.97 Å². The maximum Gasteiger partial charge on any atom is 0.397 e. The molecule has 9 nitrogen and oxygen atoms in total. The first-order chi connectivity index (χ1) is 16.8. The van der Waals surface area contributed by atoms with Crippen molar-refractivity contribution in [1.82, 2.24) is 34.9 Å². The van der Waals surface area contributed by atoms with Crippen LogP contribution in [0.15, 0.2) is 48.8 Å². The summed E-state index contributed by atoms with van der Waals surface area (Å²) >= 11 is 0. The molecule has 1 aliphatic rings. The highest BCUT2D eigenvalue weighted by Crippen LogP contribution is 2.25. The lowest BCUT2D eigenvalue weighted by atomic mass is 10.1. The van der Waals surface area contributed by atoms with Crippen LogP contribution in [-0.4, -0.2) is 73.2 Å². The van der Waals surface area contributed by atoms with Crippen molar-refractivity contribution in [2.75, 3.05) is 31.5 Å². The van der Waals surface area contributed by atoms with Crippen LogP contribution in [0.4, 0.5) is 24.9 Å². The first kappa shape index (κ1) is 22.8. The first-order valence-corrected chi connectivity index (χ1v) is 11.1. The summed E-state index contributed by atoms with van der Waals surface area (Å²) in [5, 5.41) is 10.2. The number of H-pyrrole nitrogens is 2. The molecular weight excluding hydrogens is 461 g/mol. The third-order valence-corrected chi connectivity index (χ3v) is 5.89. The zero-order valence-electron chi connectivity index (χ0n) is 18.6. The number of nitrogens with zero attached hydrogens (tertiary/aromatic N) is 5. The molecule has 0 radical (unpaired) electrons. The van der Waals surface area contributed by atoms with Crippen molar-refractivity contribution in [1.29, 1.82) is 0 Å². The molecule has 3 N–H and O–H groups in total. The van der Waals surface area contributed by atoms with Crippen molar-refractivity contribution in [3.8, 4) is 11.3 Å². The number of pyridine rings is 1. The summed E-state index contributed by atoms with van der Waals surface area (Å²) in [6, 6.07) is 11.5. The monoisotopic (exact) mass is 484 g/mol. The van der Waals surface area contributed by atoms with Crippen LogP contribution in [-0.2, 0) is 11.3 Å². The third-order valence-electron chi connectivity index (χ3n) is 5.89. The molecule has 3 aromatic heterocycles. The Balaban J connectivity index is 1.25. The van der Waals surface area contributed by atoms with Crippen molar-refractivity contribution < 1.29 is 18.0 Å². The lowest BCUT2D eigenvalue weighted by Crippen LogP contribution is -2.49. The smallest absolute Gasteiger partial charge is 0.340 e. The van der Waals surface area contributed by atoms with E-state index in [1.807, 2.05) is 36.4 Å². The Hall–Kier alpha value is -3.93. The highest BCUT2D eigenvalue weighted by atomic mass is 19.4. The molecule has 0 atom stereocenters. The van der Waals surface area contributed by atoms with Crippen molar-refractivity contribution in [3.63, 3.8) is 0 Å². The molecule has 0 aliphatic carbocycles. The molecule has 4 aromatic rings. The number of hydrogen-bond donors (Lipinski definition) is 3. The van der Waals surface area contributed by atoms with Crippen LogP contribution in [0.2, 0.25) is 0 Å². The Labute approximate surface area is 198 Å². The molecule has 12 heteroatoms. The topological polar surface area (TPSA) is 106 Å². The molecule has 1 amide bonds. The molecule has 35 heavy (non-hydrogen) atoms. The number of imidazole rings is 1. The largest absolute Gasteiger partial charge is 0.397 e. The number of amides is 1. The average molecular weight is 484 g/mol. The molecule has 0 spiro atoms. The van der Waals surface area contributed by atoms with Gasteiger partial charge in [-0.1, -0.05) is 12.1 Å². The molecular formula is C23H23F3N8O. The van der Waals surface area contributed by atoms with Gasteiger partial charge < -0.3 is 15.2 Å².